The van der Waals surface area contributed by atoms with Crippen molar-refractivity contribution in [3.8, 4) is 11.5 Å². The molecule has 0 aliphatic heterocycles. The maximum absolute atomic E-state index is 12.3. The molecule has 0 saturated carbocycles. The van der Waals surface area contributed by atoms with Crippen LogP contribution in [0, 0.1) is 0 Å². The van der Waals surface area contributed by atoms with Crippen LogP contribution < -0.4 is 14.8 Å². The van der Waals surface area contributed by atoms with E-state index in [9.17, 15) is 4.79 Å². The Morgan fingerprint density at radius 3 is 2.40 bits per heavy atom. The summed E-state index contributed by atoms with van der Waals surface area (Å²) in [5.74, 6) is 1.78. The second kappa shape index (κ2) is 9.11. The average molecular weight is 341 g/mol. The molecule has 25 heavy (non-hydrogen) atoms. The standard InChI is InChI=1S/C21H27NO3/c1-5-12-25-19-11-6-16(13-20(19)24-4)14-22-21(23)18-9-7-17(8-10-18)15(2)3/h6-11,13,15H,5,12,14H2,1-4H3,(H,22,23). The minimum absolute atomic E-state index is 0.0828. The van der Waals surface area contributed by atoms with Crippen molar-refractivity contribution in [2.45, 2.75) is 39.7 Å². The van der Waals surface area contributed by atoms with Crippen LogP contribution in [-0.2, 0) is 6.54 Å². The highest BCUT2D eigenvalue weighted by molar-refractivity contribution is 5.94. The average Bonchev–Trinajstić information content (AvgIpc) is 2.64. The Kier molecular flexibility index (Phi) is 6.87. The normalized spacial score (nSPS) is 10.6. The van der Waals surface area contributed by atoms with Crippen molar-refractivity contribution in [3.63, 3.8) is 0 Å². The van der Waals surface area contributed by atoms with E-state index in [4.69, 9.17) is 9.47 Å². The fourth-order valence-electron chi connectivity index (χ4n) is 2.46. The van der Waals surface area contributed by atoms with E-state index in [0.29, 0.717) is 30.4 Å². The van der Waals surface area contributed by atoms with Gasteiger partial charge in [0, 0.05) is 12.1 Å². The molecule has 0 aromatic heterocycles. The molecule has 1 N–H and O–H groups in total. The summed E-state index contributed by atoms with van der Waals surface area (Å²) in [6.07, 6.45) is 0.941. The zero-order valence-corrected chi connectivity index (χ0v) is 15.5. The zero-order valence-electron chi connectivity index (χ0n) is 15.5. The second-order valence-electron chi connectivity index (χ2n) is 6.29. The Morgan fingerprint density at radius 1 is 1.08 bits per heavy atom. The van der Waals surface area contributed by atoms with Gasteiger partial charge in [-0.1, -0.05) is 39.0 Å². The van der Waals surface area contributed by atoms with E-state index in [2.05, 4.69) is 26.1 Å². The van der Waals surface area contributed by atoms with Crippen LogP contribution in [-0.4, -0.2) is 19.6 Å². The molecule has 2 aromatic rings. The summed E-state index contributed by atoms with van der Waals surface area (Å²) in [6, 6.07) is 13.5. The molecule has 1 amide bonds. The van der Waals surface area contributed by atoms with Crippen molar-refractivity contribution in [2.75, 3.05) is 13.7 Å². The quantitative estimate of drug-likeness (QED) is 0.767. The molecule has 0 spiro atoms. The first-order chi connectivity index (χ1) is 12.0. The smallest absolute Gasteiger partial charge is 0.251 e. The van der Waals surface area contributed by atoms with Gasteiger partial charge in [-0.15, -0.1) is 0 Å². The van der Waals surface area contributed by atoms with Crippen LogP contribution in [0.2, 0.25) is 0 Å². The maximum Gasteiger partial charge on any atom is 0.251 e. The fourth-order valence-corrected chi connectivity index (χ4v) is 2.46. The van der Waals surface area contributed by atoms with Crippen LogP contribution >= 0.6 is 0 Å². The molecular weight excluding hydrogens is 314 g/mol. The molecule has 4 heteroatoms. The molecule has 4 nitrogen and oxygen atoms in total. The van der Waals surface area contributed by atoms with Gasteiger partial charge in [0.2, 0.25) is 0 Å². The monoisotopic (exact) mass is 341 g/mol. The first-order valence-electron chi connectivity index (χ1n) is 8.73. The lowest BCUT2D eigenvalue weighted by Crippen LogP contribution is -2.22. The number of benzene rings is 2. The second-order valence-corrected chi connectivity index (χ2v) is 6.29. The number of carbonyl (C=O) groups excluding carboxylic acids is 1. The van der Waals surface area contributed by atoms with Gasteiger partial charge in [0.15, 0.2) is 11.5 Å². The van der Waals surface area contributed by atoms with Gasteiger partial charge >= 0.3 is 0 Å². The highest BCUT2D eigenvalue weighted by Crippen LogP contribution is 2.28. The minimum Gasteiger partial charge on any atom is -0.493 e. The number of hydrogen-bond acceptors (Lipinski definition) is 3. The third-order valence-corrected chi connectivity index (χ3v) is 3.98. The van der Waals surface area contributed by atoms with Gasteiger partial charge in [-0.25, -0.2) is 0 Å². The molecule has 0 bridgehead atoms. The Morgan fingerprint density at radius 2 is 1.80 bits per heavy atom. The molecule has 134 valence electrons. The van der Waals surface area contributed by atoms with E-state index < -0.39 is 0 Å². The predicted octanol–water partition coefficient (Wildman–Crippen LogP) is 4.54. The first kappa shape index (κ1) is 18.8. The molecule has 0 atom stereocenters. The van der Waals surface area contributed by atoms with Gasteiger partial charge in [0.25, 0.3) is 5.91 Å². The molecule has 0 fully saturated rings. The van der Waals surface area contributed by atoms with Crippen LogP contribution in [0.1, 0.15) is 54.6 Å². The van der Waals surface area contributed by atoms with Gasteiger partial charge in [0.05, 0.1) is 13.7 Å². The van der Waals surface area contributed by atoms with Gasteiger partial charge < -0.3 is 14.8 Å². The zero-order chi connectivity index (χ0) is 18.2. The van der Waals surface area contributed by atoms with Crippen molar-refractivity contribution in [2.24, 2.45) is 0 Å². The van der Waals surface area contributed by atoms with Gasteiger partial charge in [-0.3, -0.25) is 4.79 Å². The Balaban J connectivity index is 1.99. The lowest BCUT2D eigenvalue weighted by molar-refractivity contribution is 0.0951. The summed E-state index contributed by atoms with van der Waals surface area (Å²) in [5, 5.41) is 2.94. The van der Waals surface area contributed by atoms with E-state index in [1.54, 1.807) is 7.11 Å². The Bertz CT molecular complexity index is 693. The number of ether oxygens (including phenoxy) is 2. The van der Waals surface area contributed by atoms with Crippen LogP contribution in [0.5, 0.6) is 11.5 Å². The minimum atomic E-state index is -0.0828. The van der Waals surface area contributed by atoms with Gasteiger partial charge in [0.1, 0.15) is 0 Å². The topological polar surface area (TPSA) is 47.6 Å². The van der Waals surface area contributed by atoms with Crippen LogP contribution in [0.4, 0.5) is 0 Å². The summed E-state index contributed by atoms with van der Waals surface area (Å²) < 4.78 is 11.0. The summed E-state index contributed by atoms with van der Waals surface area (Å²) in [5.41, 5.74) is 2.86. The largest absolute Gasteiger partial charge is 0.493 e. The summed E-state index contributed by atoms with van der Waals surface area (Å²) in [4.78, 5) is 12.3. The number of hydrogen-bond donors (Lipinski definition) is 1. The molecule has 2 rings (SSSR count). The molecule has 0 unspecified atom stereocenters. The molecular formula is C21H27NO3. The third kappa shape index (κ3) is 5.24. The maximum atomic E-state index is 12.3. The van der Waals surface area contributed by atoms with Crippen molar-refractivity contribution in [1.82, 2.24) is 5.32 Å². The van der Waals surface area contributed by atoms with E-state index in [1.807, 2.05) is 42.5 Å². The van der Waals surface area contributed by atoms with Crippen molar-refractivity contribution >= 4 is 5.91 Å². The SMILES string of the molecule is CCCOc1ccc(CNC(=O)c2ccc(C(C)C)cc2)cc1OC. The summed E-state index contributed by atoms with van der Waals surface area (Å²) >= 11 is 0. The van der Waals surface area contributed by atoms with Crippen LogP contribution in [0.3, 0.4) is 0 Å². The number of carbonyl (C=O) groups is 1. The number of methoxy groups -OCH3 is 1. The Hall–Kier alpha value is -2.49. The Labute approximate surface area is 150 Å². The van der Waals surface area contributed by atoms with Crippen molar-refractivity contribution in [1.29, 1.82) is 0 Å². The van der Waals surface area contributed by atoms with E-state index >= 15 is 0 Å². The number of nitrogens with one attached hydrogen (secondary N) is 1. The van der Waals surface area contributed by atoms with Crippen LogP contribution in [0.15, 0.2) is 42.5 Å². The lowest BCUT2D eigenvalue weighted by atomic mass is 10.0. The third-order valence-electron chi connectivity index (χ3n) is 3.98. The van der Waals surface area contributed by atoms with Crippen molar-refractivity contribution in [3.05, 3.63) is 59.2 Å². The molecule has 0 radical (unpaired) electrons. The van der Waals surface area contributed by atoms with Gasteiger partial charge in [-0.05, 0) is 47.7 Å². The first-order valence-corrected chi connectivity index (χ1v) is 8.73. The fraction of sp³-hybridized carbons (Fsp3) is 0.381. The summed E-state index contributed by atoms with van der Waals surface area (Å²) in [6.45, 7) is 7.42. The van der Waals surface area contributed by atoms with E-state index in [-0.39, 0.29) is 5.91 Å². The number of rotatable bonds is 8. The van der Waals surface area contributed by atoms with Gasteiger partial charge in [-0.2, -0.15) is 0 Å². The number of amides is 1. The molecule has 0 aliphatic rings. The lowest BCUT2D eigenvalue weighted by Gasteiger charge is -2.12. The molecule has 2 aromatic carbocycles. The van der Waals surface area contributed by atoms with E-state index in [1.165, 1.54) is 5.56 Å². The molecule has 0 saturated heterocycles. The van der Waals surface area contributed by atoms with Crippen LogP contribution in [0.25, 0.3) is 0 Å². The highest BCUT2D eigenvalue weighted by atomic mass is 16.5. The van der Waals surface area contributed by atoms with Crippen molar-refractivity contribution < 1.29 is 14.3 Å². The molecule has 0 heterocycles. The predicted molar refractivity (Wildman–Crippen MR) is 100 cm³/mol. The highest BCUT2D eigenvalue weighted by Gasteiger charge is 2.09. The summed E-state index contributed by atoms with van der Waals surface area (Å²) in [7, 11) is 1.62. The molecule has 0 aliphatic carbocycles. The van der Waals surface area contributed by atoms with E-state index in [0.717, 1.165) is 17.7 Å².